The first-order valence-electron chi connectivity index (χ1n) is 7.75. The van der Waals surface area contributed by atoms with Crippen LogP contribution in [0.1, 0.15) is 38.7 Å². The fourth-order valence-corrected chi connectivity index (χ4v) is 4.48. The van der Waals surface area contributed by atoms with Crippen molar-refractivity contribution in [2.45, 2.75) is 56.6 Å². The van der Waals surface area contributed by atoms with E-state index in [0.717, 1.165) is 12.0 Å². The third-order valence-corrected chi connectivity index (χ3v) is 6.23. The fraction of sp³-hybridized carbons (Fsp3) is 0.625. The lowest BCUT2D eigenvalue weighted by molar-refractivity contribution is 0.211. The molecule has 0 amide bonds. The Balaban J connectivity index is 2.07. The Labute approximate surface area is 128 Å². The minimum atomic E-state index is -3.23. The second-order valence-corrected chi connectivity index (χ2v) is 8.01. The minimum absolute atomic E-state index is 0.182. The zero-order valence-corrected chi connectivity index (χ0v) is 13.8. The first kappa shape index (κ1) is 16.5. The lowest BCUT2D eigenvalue weighted by Crippen LogP contribution is -2.37. The summed E-state index contributed by atoms with van der Waals surface area (Å²) >= 11 is 0. The van der Waals surface area contributed by atoms with E-state index in [-0.39, 0.29) is 5.75 Å². The van der Waals surface area contributed by atoms with Crippen LogP contribution in [0.4, 0.5) is 0 Å². The number of hydrogen-bond acceptors (Lipinski definition) is 4. The van der Waals surface area contributed by atoms with Crippen molar-refractivity contribution < 1.29 is 8.42 Å². The van der Waals surface area contributed by atoms with Gasteiger partial charge in [0, 0.05) is 25.2 Å². The number of rotatable bonds is 6. The van der Waals surface area contributed by atoms with Gasteiger partial charge in [-0.1, -0.05) is 19.1 Å². The molecule has 1 aromatic carbocycles. The van der Waals surface area contributed by atoms with Gasteiger partial charge in [-0.25, -0.2) is 8.42 Å². The molecular weight excluding hydrogens is 284 g/mol. The van der Waals surface area contributed by atoms with Crippen LogP contribution in [0, 0.1) is 0 Å². The van der Waals surface area contributed by atoms with Gasteiger partial charge in [0.2, 0.25) is 0 Å². The van der Waals surface area contributed by atoms with Crippen molar-refractivity contribution >= 4 is 9.84 Å². The zero-order valence-electron chi connectivity index (χ0n) is 13.0. The molecule has 5 heteroatoms. The molecule has 0 aromatic heterocycles. The molecule has 1 fully saturated rings. The fourth-order valence-electron chi connectivity index (χ4n) is 3.18. The molecule has 118 valence electrons. The van der Waals surface area contributed by atoms with Gasteiger partial charge >= 0.3 is 0 Å². The summed E-state index contributed by atoms with van der Waals surface area (Å²) in [6.45, 7) is 5.35. The van der Waals surface area contributed by atoms with Crippen molar-refractivity contribution in [1.82, 2.24) is 4.90 Å². The predicted octanol–water partition coefficient (Wildman–Crippen LogP) is 2.18. The van der Waals surface area contributed by atoms with Crippen molar-refractivity contribution in [1.29, 1.82) is 0 Å². The SMILES string of the molecule is CCC1CCC(C)N1CCS(=O)(=O)c1cccc(CN)c1. The second-order valence-electron chi connectivity index (χ2n) is 5.90. The summed E-state index contributed by atoms with van der Waals surface area (Å²) in [6.07, 6.45) is 3.44. The molecular formula is C16H26N2O2S. The molecule has 1 aliphatic heterocycles. The van der Waals surface area contributed by atoms with Crippen molar-refractivity contribution in [3.05, 3.63) is 29.8 Å². The maximum absolute atomic E-state index is 12.5. The van der Waals surface area contributed by atoms with Gasteiger partial charge in [-0.15, -0.1) is 0 Å². The molecule has 0 aliphatic carbocycles. The highest BCUT2D eigenvalue weighted by Gasteiger charge is 2.30. The van der Waals surface area contributed by atoms with Gasteiger partial charge in [0.05, 0.1) is 10.6 Å². The molecule has 0 radical (unpaired) electrons. The number of nitrogens with two attached hydrogens (primary N) is 1. The van der Waals surface area contributed by atoms with Crippen LogP contribution in [-0.2, 0) is 16.4 Å². The minimum Gasteiger partial charge on any atom is -0.326 e. The molecule has 2 rings (SSSR count). The number of nitrogens with zero attached hydrogens (tertiary/aromatic N) is 1. The Hall–Kier alpha value is -0.910. The van der Waals surface area contributed by atoms with E-state index in [4.69, 9.17) is 5.73 Å². The topological polar surface area (TPSA) is 63.4 Å². The van der Waals surface area contributed by atoms with E-state index < -0.39 is 9.84 Å². The Morgan fingerprint density at radius 1 is 1.33 bits per heavy atom. The van der Waals surface area contributed by atoms with Gasteiger partial charge in [0.1, 0.15) is 0 Å². The Morgan fingerprint density at radius 2 is 2.10 bits per heavy atom. The van der Waals surface area contributed by atoms with Gasteiger partial charge in [-0.3, -0.25) is 4.90 Å². The summed E-state index contributed by atoms with van der Waals surface area (Å²) in [5.41, 5.74) is 6.45. The van der Waals surface area contributed by atoms with Crippen molar-refractivity contribution in [2.24, 2.45) is 5.73 Å². The molecule has 21 heavy (non-hydrogen) atoms. The monoisotopic (exact) mass is 310 g/mol. The van der Waals surface area contributed by atoms with E-state index in [1.165, 1.54) is 12.8 Å². The maximum atomic E-state index is 12.5. The van der Waals surface area contributed by atoms with Crippen LogP contribution in [0.2, 0.25) is 0 Å². The van der Waals surface area contributed by atoms with Gasteiger partial charge in [-0.05, 0) is 43.9 Å². The quantitative estimate of drug-likeness (QED) is 0.875. The first-order chi connectivity index (χ1) is 9.97. The highest BCUT2D eigenvalue weighted by molar-refractivity contribution is 7.91. The number of hydrogen-bond donors (Lipinski definition) is 1. The van der Waals surface area contributed by atoms with Crippen LogP contribution in [0.5, 0.6) is 0 Å². The molecule has 1 heterocycles. The van der Waals surface area contributed by atoms with E-state index in [1.54, 1.807) is 18.2 Å². The molecule has 1 saturated heterocycles. The Kier molecular flexibility index (Phi) is 5.41. The molecule has 4 nitrogen and oxygen atoms in total. The summed E-state index contributed by atoms with van der Waals surface area (Å²) in [6, 6.07) is 8.00. The zero-order chi connectivity index (χ0) is 15.5. The highest BCUT2D eigenvalue weighted by Crippen LogP contribution is 2.26. The number of sulfone groups is 1. The summed E-state index contributed by atoms with van der Waals surface area (Å²) in [5.74, 6) is 0.182. The average molecular weight is 310 g/mol. The molecule has 1 aliphatic rings. The van der Waals surface area contributed by atoms with E-state index in [2.05, 4.69) is 18.7 Å². The molecule has 1 aromatic rings. The van der Waals surface area contributed by atoms with Gasteiger partial charge in [0.25, 0.3) is 0 Å². The van der Waals surface area contributed by atoms with E-state index >= 15 is 0 Å². The lowest BCUT2D eigenvalue weighted by Gasteiger charge is -2.27. The Morgan fingerprint density at radius 3 is 2.76 bits per heavy atom. The maximum Gasteiger partial charge on any atom is 0.179 e. The van der Waals surface area contributed by atoms with Crippen molar-refractivity contribution in [2.75, 3.05) is 12.3 Å². The van der Waals surface area contributed by atoms with E-state index in [9.17, 15) is 8.42 Å². The molecule has 0 spiro atoms. The molecule has 2 unspecified atom stereocenters. The Bertz CT molecular complexity index is 571. The van der Waals surface area contributed by atoms with Gasteiger partial charge in [0.15, 0.2) is 9.84 Å². The molecule has 0 saturated carbocycles. The summed E-state index contributed by atoms with van der Waals surface area (Å²) in [5, 5.41) is 0. The van der Waals surface area contributed by atoms with Crippen LogP contribution in [0.25, 0.3) is 0 Å². The third kappa shape index (κ3) is 3.84. The molecule has 2 atom stereocenters. The number of benzene rings is 1. The van der Waals surface area contributed by atoms with Crippen molar-refractivity contribution in [3.8, 4) is 0 Å². The highest BCUT2D eigenvalue weighted by atomic mass is 32.2. The molecule has 2 N–H and O–H groups in total. The smallest absolute Gasteiger partial charge is 0.179 e. The average Bonchev–Trinajstić information content (AvgIpc) is 2.85. The second kappa shape index (κ2) is 6.90. The van der Waals surface area contributed by atoms with Crippen LogP contribution in [0.15, 0.2) is 29.2 Å². The van der Waals surface area contributed by atoms with Crippen LogP contribution >= 0.6 is 0 Å². The van der Waals surface area contributed by atoms with Crippen LogP contribution in [-0.4, -0.2) is 37.7 Å². The van der Waals surface area contributed by atoms with Crippen LogP contribution < -0.4 is 5.73 Å². The first-order valence-corrected chi connectivity index (χ1v) is 9.40. The third-order valence-electron chi connectivity index (χ3n) is 4.54. The lowest BCUT2D eigenvalue weighted by atomic mass is 10.2. The number of likely N-dealkylation sites (tertiary alicyclic amines) is 1. The largest absolute Gasteiger partial charge is 0.326 e. The predicted molar refractivity (Wildman–Crippen MR) is 85.9 cm³/mol. The van der Waals surface area contributed by atoms with E-state index in [0.29, 0.717) is 30.1 Å². The summed E-state index contributed by atoms with van der Waals surface area (Å²) in [4.78, 5) is 2.75. The van der Waals surface area contributed by atoms with Gasteiger partial charge in [-0.2, -0.15) is 0 Å². The standard InChI is InChI=1S/C16H26N2O2S/c1-3-15-8-7-13(2)18(15)9-10-21(19,20)16-6-4-5-14(11-16)12-17/h4-6,11,13,15H,3,7-10,12,17H2,1-2H3. The van der Waals surface area contributed by atoms with Gasteiger partial charge < -0.3 is 5.73 Å². The summed E-state index contributed by atoms with van der Waals surface area (Å²) < 4.78 is 25.0. The summed E-state index contributed by atoms with van der Waals surface area (Å²) in [7, 11) is -3.23. The molecule has 0 bridgehead atoms. The van der Waals surface area contributed by atoms with E-state index in [1.807, 2.05) is 6.07 Å². The normalized spacial score (nSPS) is 23.6. The van der Waals surface area contributed by atoms with Crippen molar-refractivity contribution in [3.63, 3.8) is 0 Å². The van der Waals surface area contributed by atoms with Crippen LogP contribution in [0.3, 0.4) is 0 Å².